The Morgan fingerprint density at radius 3 is 1.90 bits per heavy atom. The molecule has 40 heavy (non-hydrogen) atoms. The number of amides is 1. The van der Waals surface area contributed by atoms with E-state index >= 15 is 0 Å². The molecule has 0 aliphatic carbocycles. The van der Waals surface area contributed by atoms with Gasteiger partial charge in [-0.25, -0.2) is 4.79 Å². The number of rotatable bonds is 12. The molecule has 3 N–H and O–H groups in total. The maximum atomic E-state index is 10.6. The van der Waals surface area contributed by atoms with E-state index in [4.69, 9.17) is 15.2 Å². The topological polar surface area (TPSA) is 103 Å². The van der Waals surface area contributed by atoms with Crippen LogP contribution in [0.5, 0.6) is 17.2 Å². The summed E-state index contributed by atoms with van der Waals surface area (Å²) in [5, 5.41) is 9.60. The molecule has 0 aromatic heterocycles. The average molecular weight is 539 g/mol. The van der Waals surface area contributed by atoms with Crippen LogP contribution in [0, 0.1) is 0 Å². The summed E-state index contributed by atoms with van der Waals surface area (Å²) in [7, 11) is 0. The van der Waals surface area contributed by atoms with Gasteiger partial charge in [0.2, 0.25) is 0 Å². The van der Waals surface area contributed by atoms with E-state index in [1.54, 1.807) is 18.3 Å². The molecule has 0 saturated carbocycles. The van der Waals surface area contributed by atoms with E-state index in [0.29, 0.717) is 19.6 Å². The van der Waals surface area contributed by atoms with E-state index in [9.17, 15) is 9.90 Å². The van der Waals surface area contributed by atoms with Crippen LogP contribution in [-0.4, -0.2) is 24.0 Å². The molecule has 206 valence electrons. The number of ether oxygens (including phenoxy) is 3. The van der Waals surface area contributed by atoms with Crippen molar-refractivity contribution in [3.63, 3.8) is 0 Å². The van der Waals surface area contributed by atoms with Gasteiger partial charge in [0, 0.05) is 18.1 Å². The summed E-state index contributed by atoms with van der Waals surface area (Å²) in [6, 6.07) is 31.1. The number of primary amides is 1. The summed E-state index contributed by atoms with van der Waals surface area (Å²) in [6.45, 7) is 5.42. The molecule has 4 rings (SSSR count). The maximum absolute atomic E-state index is 10.6. The third kappa shape index (κ3) is 8.11. The number of nitrogens with zero attached hydrogens (tertiary/aromatic N) is 1. The molecule has 1 amide bonds. The number of phenols is 1. The SMILES string of the molecule is CC(C)(c1ccc(O)cc1)c1ccc(OCc2cccc(COc3ccc(N=CCCOC(N)=O)cc3)c2)cc1. The van der Waals surface area contributed by atoms with E-state index in [-0.39, 0.29) is 17.8 Å². The number of benzene rings is 4. The molecule has 0 heterocycles. The van der Waals surface area contributed by atoms with E-state index in [1.807, 2.05) is 66.7 Å². The molecule has 7 heteroatoms. The van der Waals surface area contributed by atoms with E-state index in [2.05, 4.69) is 41.8 Å². The molecule has 0 atom stereocenters. The van der Waals surface area contributed by atoms with Crippen molar-refractivity contribution >= 4 is 18.0 Å². The number of hydrogen-bond donors (Lipinski definition) is 2. The Hall–Kier alpha value is -4.78. The fourth-order valence-corrected chi connectivity index (χ4v) is 4.17. The lowest BCUT2D eigenvalue weighted by Gasteiger charge is -2.26. The summed E-state index contributed by atoms with van der Waals surface area (Å²) in [6.07, 6.45) is 1.39. The second-order valence-electron chi connectivity index (χ2n) is 9.86. The first-order valence-corrected chi connectivity index (χ1v) is 13.1. The van der Waals surface area contributed by atoms with Gasteiger partial charge in [-0.05, 0) is 76.9 Å². The monoisotopic (exact) mass is 538 g/mol. The van der Waals surface area contributed by atoms with Gasteiger partial charge in [-0.3, -0.25) is 4.99 Å². The van der Waals surface area contributed by atoms with Gasteiger partial charge in [-0.2, -0.15) is 0 Å². The van der Waals surface area contributed by atoms with Crippen LogP contribution in [0.25, 0.3) is 0 Å². The fourth-order valence-electron chi connectivity index (χ4n) is 4.17. The summed E-state index contributed by atoms with van der Waals surface area (Å²) >= 11 is 0. The lowest BCUT2D eigenvalue weighted by Crippen LogP contribution is -2.18. The molecular weight excluding hydrogens is 504 g/mol. The lowest BCUT2D eigenvalue weighted by atomic mass is 9.78. The van der Waals surface area contributed by atoms with E-state index in [0.717, 1.165) is 33.9 Å². The minimum absolute atomic E-state index is 0.198. The highest BCUT2D eigenvalue weighted by molar-refractivity contribution is 5.66. The van der Waals surface area contributed by atoms with Gasteiger partial charge in [-0.1, -0.05) is 56.3 Å². The van der Waals surface area contributed by atoms with Crippen molar-refractivity contribution in [3.8, 4) is 17.2 Å². The summed E-state index contributed by atoms with van der Waals surface area (Å²) < 4.78 is 16.7. The number of aliphatic imine (C=N–C) groups is 1. The number of carbonyl (C=O) groups excluding carboxylic acids is 1. The van der Waals surface area contributed by atoms with Crippen LogP contribution in [0.4, 0.5) is 10.5 Å². The highest BCUT2D eigenvalue weighted by atomic mass is 16.5. The van der Waals surface area contributed by atoms with Gasteiger partial charge in [-0.15, -0.1) is 0 Å². The van der Waals surface area contributed by atoms with Crippen molar-refractivity contribution in [1.82, 2.24) is 0 Å². The lowest BCUT2D eigenvalue weighted by molar-refractivity contribution is 0.160. The first-order chi connectivity index (χ1) is 19.3. The fraction of sp³-hybridized carbons (Fsp3) is 0.212. The Morgan fingerprint density at radius 2 is 1.35 bits per heavy atom. The third-order valence-electron chi connectivity index (χ3n) is 6.54. The number of aromatic hydroxyl groups is 1. The van der Waals surface area contributed by atoms with E-state index < -0.39 is 6.09 Å². The quantitative estimate of drug-likeness (QED) is 0.148. The van der Waals surface area contributed by atoms with Gasteiger partial charge in [0.15, 0.2) is 0 Å². The van der Waals surface area contributed by atoms with Gasteiger partial charge < -0.3 is 25.1 Å². The van der Waals surface area contributed by atoms with Gasteiger partial charge >= 0.3 is 6.09 Å². The van der Waals surface area contributed by atoms with Crippen molar-refractivity contribution in [2.45, 2.75) is 38.9 Å². The molecule has 0 spiro atoms. The largest absolute Gasteiger partial charge is 0.508 e. The standard InChI is InChI=1S/C33H34N2O5/c1-33(2,26-7-13-29(36)14-8-26)27-9-15-30(16-10-27)39-22-24-5-3-6-25(21-24)23-40-31-17-11-28(12-18-31)35-19-4-20-38-32(34)37/h3,5-19,21,36H,4,20,22-23H2,1-2H3,(H2,34,37). The highest BCUT2D eigenvalue weighted by Gasteiger charge is 2.23. The number of carbonyl (C=O) groups is 1. The molecule has 4 aromatic rings. The second kappa shape index (κ2) is 13.3. The molecular formula is C33H34N2O5. The smallest absolute Gasteiger partial charge is 0.404 e. The zero-order valence-electron chi connectivity index (χ0n) is 22.7. The molecule has 0 aliphatic heterocycles. The normalized spacial score (nSPS) is 11.3. The van der Waals surface area contributed by atoms with Crippen molar-refractivity contribution in [3.05, 3.63) is 119 Å². The summed E-state index contributed by atoms with van der Waals surface area (Å²) in [4.78, 5) is 14.9. The molecule has 0 bridgehead atoms. The third-order valence-corrected chi connectivity index (χ3v) is 6.54. The molecule has 0 saturated heterocycles. The van der Waals surface area contributed by atoms with E-state index in [1.165, 1.54) is 5.56 Å². The number of hydrogen-bond acceptors (Lipinski definition) is 6. The summed E-state index contributed by atoms with van der Waals surface area (Å²) in [5.74, 6) is 1.81. The first kappa shape index (κ1) is 28.2. The molecule has 0 radical (unpaired) electrons. The van der Waals surface area contributed by atoms with Crippen LogP contribution >= 0.6 is 0 Å². The Morgan fingerprint density at radius 1 is 0.825 bits per heavy atom. The Kier molecular flexibility index (Phi) is 9.41. The van der Waals surface area contributed by atoms with Crippen molar-refractivity contribution in [1.29, 1.82) is 0 Å². The van der Waals surface area contributed by atoms with Crippen LogP contribution in [0.3, 0.4) is 0 Å². The molecule has 0 fully saturated rings. The molecule has 7 nitrogen and oxygen atoms in total. The zero-order valence-corrected chi connectivity index (χ0v) is 22.7. The maximum Gasteiger partial charge on any atom is 0.404 e. The first-order valence-electron chi connectivity index (χ1n) is 13.1. The van der Waals surface area contributed by atoms with Crippen LogP contribution in [0.15, 0.2) is 102 Å². The van der Waals surface area contributed by atoms with Crippen LogP contribution in [0.1, 0.15) is 42.5 Å². The Bertz CT molecular complexity index is 1410. The van der Waals surface area contributed by atoms with Crippen molar-refractivity contribution < 1.29 is 24.1 Å². The van der Waals surface area contributed by atoms with Crippen LogP contribution in [-0.2, 0) is 23.4 Å². The second-order valence-corrected chi connectivity index (χ2v) is 9.86. The average Bonchev–Trinajstić information content (AvgIpc) is 2.96. The zero-order chi connectivity index (χ0) is 28.4. The number of nitrogens with two attached hydrogens (primary N) is 1. The predicted octanol–water partition coefficient (Wildman–Crippen LogP) is 7.06. The molecule has 0 unspecified atom stereocenters. The highest BCUT2D eigenvalue weighted by Crippen LogP contribution is 2.33. The van der Waals surface area contributed by atoms with Gasteiger partial charge in [0.25, 0.3) is 0 Å². The van der Waals surface area contributed by atoms with Crippen molar-refractivity contribution in [2.24, 2.45) is 10.7 Å². The molecule has 4 aromatic carbocycles. The molecule has 0 aliphatic rings. The number of phenolic OH excluding ortho intramolecular Hbond substituents is 1. The predicted molar refractivity (Wildman–Crippen MR) is 157 cm³/mol. The Labute approximate surface area is 234 Å². The summed E-state index contributed by atoms with van der Waals surface area (Å²) in [5.41, 5.74) is 9.90. The van der Waals surface area contributed by atoms with Gasteiger partial charge in [0.1, 0.15) is 30.5 Å². The van der Waals surface area contributed by atoms with Gasteiger partial charge in [0.05, 0.1) is 12.3 Å². The minimum Gasteiger partial charge on any atom is -0.508 e. The van der Waals surface area contributed by atoms with Crippen LogP contribution in [0.2, 0.25) is 0 Å². The van der Waals surface area contributed by atoms with Crippen molar-refractivity contribution in [2.75, 3.05) is 6.61 Å². The Balaban J connectivity index is 1.26. The van der Waals surface area contributed by atoms with Crippen LogP contribution < -0.4 is 15.2 Å². The minimum atomic E-state index is -0.786.